The molecular formula is C48H33Br5N2O12. The first-order valence-electron chi connectivity index (χ1n) is 19.9. The Hall–Kier alpha value is -5.73. The number of aromatic nitrogens is 2. The summed E-state index contributed by atoms with van der Waals surface area (Å²) in [6, 6.07) is 31.7. The van der Waals surface area contributed by atoms with E-state index in [9.17, 15) is 24.0 Å². The summed E-state index contributed by atoms with van der Waals surface area (Å²) in [6.07, 6.45) is -4.14. The molecule has 2 heterocycles. The maximum Gasteiger partial charge on any atom is 0.339 e. The predicted molar refractivity (Wildman–Crippen MR) is 257 cm³/mol. The number of esters is 5. The van der Waals surface area contributed by atoms with Crippen LogP contribution >= 0.6 is 79.6 Å². The van der Waals surface area contributed by atoms with E-state index in [1.54, 1.807) is 72.8 Å². The second kappa shape index (κ2) is 22.8. The van der Waals surface area contributed by atoms with Gasteiger partial charge in [0.2, 0.25) is 12.0 Å². The fraction of sp³-hybridized carbons (Fsp3) is 0.146. The van der Waals surface area contributed by atoms with Crippen molar-refractivity contribution < 1.29 is 56.5 Å². The molecule has 0 N–H and O–H groups in total. The Morgan fingerprint density at radius 2 is 0.896 bits per heavy atom. The fourth-order valence-corrected chi connectivity index (χ4v) is 7.64. The van der Waals surface area contributed by atoms with Gasteiger partial charge in [-0.2, -0.15) is 0 Å². The maximum absolute atomic E-state index is 14.1. The van der Waals surface area contributed by atoms with Crippen molar-refractivity contribution in [3.63, 3.8) is 0 Å². The molecule has 5 aromatic carbocycles. The molecule has 0 amide bonds. The number of oxazole rings is 2. The van der Waals surface area contributed by atoms with Gasteiger partial charge < -0.3 is 32.5 Å². The molecule has 0 unspecified atom stereocenters. The minimum absolute atomic E-state index is 0.0462. The Labute approximate surface area is 424 Å². The summed E-state index contributed by atoms with van der Waals surface area (Å²) in [6.45, 7) is 1.47. The van der Waals surface area contributed by atoms with Crippen molar-refractivity contribution >= 4 is 109 Å². The lowest BCUT2D eigenvalue weighted by Gasteiger charge is -2.32. The first-order chi connectivity index (χ1) is 32.2. The van der Waals surface area contributed by atoms with Gasteiger partial charge in [0.15, 0.2) is 24.4 Å². The molecule has 14 nitrogen and oxygen atoms in total. The van der Waals surface area contributed by atoms with Gasteiger partial charge in [-0.1, -0.05) is 79.6 Å². The van der Waals surface area contributed by atoms with Crippen molar-refractivity contribution in [2.45, 2.75) is 43.9 Å². The molecule has 0 fully saturated rings. The van der Waals surface area contributed by atoms with Gasteiger partial charge in [-0.05, 0) is 128 Å². The van der Waals surface area contributed by atoms with Crippen LogP contribution < -0.4 is 0 Å². The van der Waals surface area contributed by atoms with Gasteiger partial charge in [-0.25, -0.2) is 33.9 Å². The van der Waals surface area contributed by atoms with Crippen LogP contribution in [0.5, 0.6) is 0 Å². The van der Waals surface area contributed by atoms with Crippen molar-refractivity contribution in [3.05, 3.63) is 208 Å². The minimum atomic E-state index is -1.57. The lowest BCUT2D eigenvalue weighted by atomic mass is 10.00. The lowest BCUT2D eigenvalue weighted by Crippen LogP contribution is -2.45. The molecule has 0 saturated carbocycles. The summed E-state index contributed by atoms with van der Waals surface area (Å²) in [5.74, 6) is -4.25. The van der Waals surface area contributed by atoms with Gasteiger partial charge in [0.05, 0.1) is 34.0 Å². The van der Waals surface area contributed by atoms with Gasteiger partial charge in [0.1, 0.15) is 24.2 Å². The van der Waals surface area contributed by atoms with Crippen LogP contribution in [0.15, 0.2) is 171 Å². The molecule has 0 spiro atoms. The van der Waals surface area contributed by atoms with Crippen LogP contribution in [-0.4, -0.2) is 58.1 Å². The Morgan fingerprint density at radius 1 is 0.507 bits per heavy atom. The molecule has 0 aliphatic rings. The topological polar surface area (TPSA) is 184 Å². The third kappa shape index (κ3) is 13.3. The first-order valence-corrected chi connectivity index (χ1v) is 23.8. The predicted octanol–water partition coefficient (Wildman–Crippen LogP) is 12.4. The molecule has 5 atom stereocenters. The zero-order chi connectivity index (χ0) is 47.6. The normalized spacial score (nSPS) is 13.3. The summed E-state index contributed by atoms with van der Waals surface area (Å²) in [5, 5.41) is 0. The van der Waals surface area contributed by atoms with Crippen LogP contribution in [0.3, 0.4) is 0 Å². The van der Waals surface area contributed by atoms with Gasteiger partial charge >= 0.3 is 29.8 Å². The second-order valence-corrected chi connectivity index (χ2v) is 19.0. The molecular weight excluding hydrogens is 1200 g/mol. The molecule has 0 bridgehead atoms. The van der Waals surface area contributed by atoms with Crippen molar-refractivity contribution in [1.82, 2.24) is 9.97 Å². The van der Waals surface area contributed by atoms with Crippen LogP contribution in [0.1, 0.15) is 94.7 Å². The lowest BCUT2D eigenvalue weighted by molar-refractivity contribution is -0.0944. The third-order valence-corrected chi connectivity index (χ3v) is 12.4. The number of rotatable bonds is 17. The van der Waals surface area contributed by atoms with Crippen molar-refractivity contribution in [2.75, 3.05) is 0 Å². The van der Waals surface area contributed by atoms with Gasteiger partial charge in [-0.15, -0.1) is 0 Å². The summed E-state index contributed by atoms with van der Waals surface area (Å²) in [7, 11) is 0. The zero-order valence-electron chi connectivity index (χ0n) is 34.6. The molecule has 19 heteroatoms. The number of hydrogen-bond donors (Lipinski definition) is 0. The largest absolute Gasteiger partial charge is 0.455 e. The van der Waals surface area contributed by atoms with E-state index < -0.39 is 66.8 Å². The monoisotopic (exact) mass is 1220 g/mol. The first kappa shape index (κ1) is 49.2. The van der Waals surface area contributed by atoms with Crippen LogP contribution in [0.2, 0.25) is 0 Å². The van der Waals surface area contributed by atoms with E-state index >= 15 is 0 Å². The highest BCUT2D eigenvalue weighted by Gasteiger charge is 2.41. The number of ether oxygens (including phenoxy) is 5. The average molecular weight is 1230 g/mol. The van der Waals surface area contributed by atoms with Crippen LogP contribution in [-0.2, 0) is 23.7 Å². The van der Waals surface area contributed by atoms with Crippen LogP contribution in [0.25, 0.3) is 0 Å². The van der Waals surface area contributed by atoms with Gasteiger partial charge in [0.25, 0.3) is 0 Å². The molecule has 2 aromatic heterocycles. The van der Waals surface area contributed by atoms with E-state index in [0.717, 1.165) is 10.9 Å². The number of hydrogen-bond acceptors (Lipinski definition) is 14. The number of carbonyl (C=O) groups excluding carboxylic acids is 5. The molecule has 0 aliphatic carbocycles. The number of halogens is 5. The molecule has 342 valence electrons. The standard InChI is InChI=1S/C48H33Br5N2O12/c1-26(63-44(56)27-2-12-32(49)13-3-27)41(66-47(59)30-8-18-35(52)19-9-30)39(65-46(58)29-6-16-34(51)17-7-29)22-38(64-45(57)28-4-14-33(50)15-5-28)37-24-61-43(55-37)42(40-23-54-25-62-40)67-48(60)31-10-20-36(53)21-11-31/h2-21,23-26,38-39,41-42H,22H2,1H3/t26-,38+,39-,41+,42+/m1/s1. The van der Waals surface area contributed by atoms with E-state index in [4.69, 9.17) is 32.5 Å². The van der Waals surface area contributed by atoms with Crippen molar-refractivity contribution in [1.29, 1.82) is 0 Å². The molecule has 0 saturated heterocycles. The molecule has 67 heavy (non-hydrogen) atoms. The molecule has 0 aliphatic heterocycles. The van der Waals surface area contributed by atoms with E-state index in [-0.39, 0.29) is 45.2 Å². The molecule has 0 radical (unpaired) electrons. The highest BCUT2D eigenvalue weighted by Crippen LogP contribution is 2.34. The number of nitrogens with zero attached hydrogens (tertiary/aromatic N) is 2. The second-order valence-electron chi connectivity index (χ2n) is 14.4. The Morgan fingerprint density at radius 3 is 1.31 bits per heavy atom. The highest BCUT2D eigenvalue weighted by atomic mass is 79.9. The fourth-order valence-electron chi connectivity index (χ4n) is 6.32. The number of benzene rings is 5. The van der Waals surface area contributed by atoms with Gasteiger partial charge in [0, 0.05) is 28.8 Å². The average Bonchev–Trinajstić information content (AvgIpc) is 4.04. The van der Waals surface area contributed by atoms with Crippen molar-refractivity contribution in [2.24, 2.45) is 0 Å². The Kier molecular flexibility index (Phi) is 16.8. The minimum Gasteiger partial charge on any atom is -0.455 e. The summed E-state index contributed by atoms with van der Waals surface area (Å²) >= 11 is 16.8. The maximum atomic E-state index is 14.1. The Bertz CT molecular complexity index is 2820. The Balaban J connectivity index is 1.30. The van der Waals surface area contributed by atoms with Gasteiger partial charge in [-0.3, -0.25) is 0 Å². The highest BCUT2D eigenvalue weighted by molar-refractivity contribution is 9.11. The summed E-state index contributed by atoms with van der Waals surface area (Å²) in [4.78, 5) is 77.8. The zero-order valence-corrected chi connectivity index (χ0v) is 42.5. The van der Waals surface area contributed by atoms with E-state index in [2.05, 4.69) is 89.6 Å². The molecule has 7 rings (SSSR count). The number of carbonyl (C=O) groups is 5. The SMILES string of the molecule is C[C@@H](OC(=O)c1ccc(Br)cc1)[C@H](OC(=O)c1ccc(Br)cc1)[C@@H](C[C@H](OC(=O)c1ccc(Br)cc1)c1coc([C@@H](OC(=O)c2ccc(Br)cc2)c2cnco2)n1)OC(=O)c1ccc(Br)cc1. The summed E-state index contributed by atoms with van der Waals surface area (Å²) < 4.78 is 45.3. The van der Waals surface area contributed by atoms with Crippen LogP contribution in [0, 0.1) is 0 Å². The van der Waals surface area contributed by atoms with Crippen LogP contribution in [0.4, 0.5) is 0 Å². The van der Waals surface area contributed by atoms with Crippen molar-refractivity contribution in [3.8, 4) is 0 Å². The smallest absolute Gasteiger partial charge is 0.339 e. The van der Waals surface area contributed by atoms with E-state index in [1.807, 2.05) is 0 Å². The quantitative estimate of drug-likeness (QED) is 0.0620. The molecule has 7 aromatic rings. The van der Waals surface area contributed by atoms with E-state index in [1.165, 1.54) is 67.9 Å². The summed E-state index contributed by atoms with van der Waals surface area (Å²) in [5.41, 5.74) is 0.698. The van der Waals surface area contributed by atoms with E-state index in [0.29, 0.717) is 17.9 Å². The third-order valence-electron chi connectivity index (χ3n) is 9.75.